The number of halogens is 5. The van der Waals surface area contributed by atoms with Crippen LogP contribution in [-0.2, 0) is 4.79 Å². The molecule has 0 bridgehead atoms. The van der Waals surface area contributed by atoms with E-state index in [1.54, 1.807) is 30.5 Å². The maximum Gasteiger partial charge on any atom is 0.259 e. The molecule has 1 aromatic heterocycles. The van der Waals surface area contributed by atoms with Crippen molar-refractivity contribution in [2.24, 2.45) is 5.92 Å². The highest BCUT2D eigenvalue weighted by Crippen LogP contribution is 2.65. The minimum Gasteiger partial charge on any atom is -0.326 e. The van der Waals surface area contributed by atoms with Crippen LogP contribution in [0.3, 0.4) is 0 Å². The predicted octanol–water partition coefficient (Wildman–Crippen LogP) is 6.27. The summed E-state index contributed by atoms with van der Waals surface area (Å²) in [5.74, 6) is -2.02. The lowest BCUT2D eigenvalue weighted by Crippen LogP contribution is -2.18. The zero-order valence-corrected chi connectivity index (χ0v) is 21.2. The van der Waals surface area contributed by atoms with Crippen LogP contribution in [-0.4, -0.2) is 37.6 Å². The van der Waals surface area contributed by atoms with Crippen LogP contribution >= 0.6 is 69.8 Å². The zero-order valence-electron chi connectivity index (χ0n) is 16.6. The van der Waals surface area contributed by atoms with Crippen molar-refractivity contribution < 1.29 is 9.59 Å². The van der Waals surface area contributed by atoms with Crippen molar-refractivity contribution in [1.29, 1.82) is 0 Å². The molecule has 0 radical (unpaired) electrons. The van der Waals surface area contributed by atoms with E-state index in [0.29, 0.717) is 26.5 Å². The Morgan fingerprint density at radius 2 is 1.76 bits per heavy atom. The van der Waals surface area contributed by atoms with Crippen LogP contribution in [0.1, 0.15) is 21.8 Å². The third-order valence-electron chi connectivity index (χ3n) is 4.94. The molecule has 1 aliphatic carbocycles. The predicted molar refractivity (Wildman–Crippen MR) is 133 cm³/mol. The Kier molecular flexibility index (Phi) is 7.05. The lowest BCUT2D eigenvalue weighted by Gasteiger charge is -2.09. The fraction of sp³-hybridized carbons (Fsp3) is 0.200. The van der Waals surface area contributed by atoms with Gasteiger partial charge in [0.2, 0.25) is 17.0 Å². The minimum absolute atomic E-state index is 0.133. The number of nitrogens with zero attached hydrogens (tertiary/aromatic N) is 2. The number of carbonyl (C=O) groups excluding carboxylic acids is 2. The van der Waals surface area contributed by atoms with Crippen LogP contribution in [0.25, 0.3) is 0 Å². The highest BCUT2D eigenvalue weighted by molar-refractivity contribution is 7.98. The van der Waals surface area contributed by atoms with E-state index in [2.05, 4.69) is 25.8 Å². The molecule has 172 valence electrons. The van der Waals surface area contributed by atoms with E-state index in [1.165, 1.54) is 23.9 Å². The van der Waals surface area contributed by atoms with Crippen molar-refractivity contribution in [3.05, 3.63) is 62.6 Å². The molecule has 13 heteroatoms. The Labute approximate surface area is 217 Å². The third kappa shape index (κ3) is 5.21. The molecule has 3 aromatic rings. The van der Waals surface area contributed by atoms with Gasteiger partial charge in [0.15, 0.2) is 0 Å². The number of benzene rings is 2. The normalized spacial score (nSPS) is 18.6. The number of H-pyrrole nitrogens is 1. The second-order valence-corrected chi connectivity index (χ2v) is 10.6. The largest absolute Gasteiger partial charge is 0.326 e. The number of rotatable bonds is 6. The van der Waals surface area contributed by atoms with E-state index in [1.807, 2.05) is 0 Å². The molecular formula is C20H14Cl5N5O2S. The molecule has 33 heavy (non-hydrogen) atoms. The minimum atomic E-state index is -1.33. The number of carbonyl (C=O) groups is 2. The summed E-state index contributed by atoms with van der Waals surface area (Å²) in [5, 5.41) is 13.3. The number of aromatic nitrogens is 3. The van der Waals surface area contributed by atoms with Crippen molar-refractivity contribution in [3.63, 3.8) is 0 Å². The van der Waals surface area contributed by atoms with Crippen molar-refractivity contribution >= 4 is 93.2 Å². The van der Waals surface area contributed by atoms with Crippen LogP contribution in [0.4, 0.5) is 11.6 Å². The van der Waals surface area contributed by atoms with E-state index in [9.17, 15) is 9.59 Å². The average molecular weight is 566 g/mol. The molecule has 1 aliphatic rings. The van der Waals surface area contributed by atoms with Crippen LogP contribution in [0.2, 0.25) is 15.1 Å². The lowest BCUT2D eigenvalue weighted by molar-refractivity contribution is -0.117. The summed E-state index contributed by atoms with van der Waals surface area (Å²) < 4.78 is -1.33. The quantitative estimate of drug-likeness (QED) is 0.242. The van der Waals surface area contributed by atoms with E-state index in [4.69, 9.17) is 58.0 Å². The third-order valence-corrected chi connectivity index (χ3v) is 7.19. The lowest BCUT2D eigenvalue weighted by atomic mass is 10.1. The maximum absolute atomic E-state index is 12.9. The number of aromatic amines is 1. The number of thioether (sulfide) groups is 1. The maximum atomic E-state index is 12.9. The van der Waals surface area contributed by atoms with Crippen molar-refractivity contribution in [2.75, 3.05) is 16.9 Å². The molecule has 3 N–H and O–H groups in total. The first kappa shape index (κ1) is 24.4. The first-order valence-electron chi connectivity index (χ1n) is 9.32. The summed E-state index contributed by atoms with van der Waals surface area (Å²) in [7, 11) is 0. The van der Waals surface area contributed by atoms with Gasteiger partial charge in [0, 0.05) is 21.7 Å². The van der Waals surface area contributed by atoms with E-state index in [0.717, 1.165) is 0 Å². The number of alkyl halides is 2. The molecule has 1 fully saturated rings. The molecular weight excluding hydrogens is 552 g/mol. The number of anilines is 2. The Morgan fingerprint density at radius 3 is 2.39 bits per heavy atom. The number of amides is 2. The van der Waals surface area contributed by atoms with E-state index < -0.39 is 28.0 Å². The monoisotopic (exact) mass is 563 g/mol. The van der Waals surface area contributed by atoms with Gasteiger partial charge in [-0.1, -0.05) is 46.6 Å². The average Bonchev–Trinajstić information content (AvgIpc) is 3.07. The van der Waals surface area contributed by atoms with Crippen molar-refractivity contribution in [1.82, 2.24) is 15.2 Å². The Balaban J connectivity index is 1.50. The number of nitrogens with one attached hydrogen (secondary N) is 3. The molecule has 0 aliphatic heterocycles. The van der Waals surface area contributed by atoms with Crippen molar-refractivity contribution in [2.45, 2.75) is 15.4 Å². The van der Waals surface area contributed by atoms with Gasteiger partial charge in [0.1, 0.15) is 4.33 Å². The molecule has 1 heterocycles. The molecule has 0 saturated heterocycles. The van der Waals surface area contributed by atoms with E-state index in [-0.39, 0.29) is 16.5 Å². The first-order chi connectivity index (χ1) is 15.6. The summed E-state index contributed by atoms with van der Waals surface area (Å²) in [6.07, 6.45) is 1.81. The van der Waals surface area contributed by atoms with Gasteiger partial charge in [-0.2, -0.15) is 4.98 Å². The second kappa shape index (κ2) is 9.52. The van der Waals surface area contributed by atoms with Gasteiger partial charge >= 0.3 is 0 Å². The van der Waals surface area contributed by atoms with Gasteiger partial charge in [0.05, 0.1) is 16.5 Å². The van der Waals surface area contributed by atoms with Crippen LogP contribution < -0.4 is 10.6 Å². The molecule has 0 spiro atoms. The second-order valence-electron chi connectivity index (χ2n) is 7.14. The summed E-state index contributed by atoms with van der Waals surface area (Å²) in [5.41, 5.74) is 1.13. The van der Waals surface area contributed by atoms with E-state index >= 15 is 0 Å². The highest BCUT2D eigenvalue weighted by Gasteiger charge is 2.67. The van der Waals surface area contributed by atoms with Crippen LogP contribution in [0.15, 0.2) is 41.6 Å². The smallest absolute Gasteiger partial charge is 0.259 e. The van der Waals surface area contributed by atoms with Gasteiger partial charge in [0.25, 0.3) is 5.91 Å². The topological polar surface area (TPSA) is 99.8 Å². The molecule has 2 unspecified atom stereocenters. The summed E-state index contributed by atoms with van der Waals surface area (Å²) >= 11 is 32.4. The fourth-order valence-electron chi connectivity index (χ4n) is 3.39. The molecule has 2 aromatic carbocycles. The standard InChI is InChI=1S/C20H14Cl5N5O2S/c1-33-19-28-18(29-30-19)27-16(31)12-7-11(2-3-13(12)23)26-17(32)15-14(20(15,24)25)8-4-9(21)6-10(22)5-8/h2-7,14-15H,1H3,(H,26,32)(H2,27,28,29,30,31). The van der Waals surface area contributed by atoms with Gasteiger partial charge < -0.3 is 5.32 Å². The van der Waals surface area contributed by atoms with Gasteiger partial charge in [-0.15, -0.1) is 28.3 Å². The molecule has 2 atom stereocenters. The fourth-order valence-corrected chi connectivity index (χ4v) is 5.28. The molecule has 1 saturated carbocycles. The summed E-state index contributed by atoms with van der Waals surface area (Å²) in [6, 6.07) is 9.42. The van der Waals surface area contributed by atoms with Gasteiger partial charge in [-0.3, -0.25) is 14.9 Å². The van der Waals surface area contributed by atoms with Gasteiger partial charge in [-0.25, -0.2) is 5.10 Å². The summed E-state index contributed by atoms with van der Waals surface area (Å²) in [6.45, 7) is 0. The SMILES string of the molecule is CSc1n[nH]c(NC(=O)c2cc(NC(=O)C3C(c4cc(Cl)cc(Cl)c4)C3(Cl)Cl)ccc2Cl)n1. The number of hydrogen-bond donors (Lipinski definition) is 3. The Hall–Kier alpha value is -1.68. The number of hydrogen-bond acceptors (Lipinski definition) is 5. The van der Waals surface area contributed by atoms with Crippen LogP contribution in [0.5, 0.6) is 0 Å². The molecule has 4 rings (SSSR count). The first-order valence-corrected chi connectivity index (χ1v) is 12.4. The van der Waals surface area contributed by atoms with Gasteiger partial charge in [-0.05, 0) is 48.2 Å². The Bertz CT molecular complexity index is 1230. The van der Waals surface area contributed by atoms with Crippen LogP contribution in [0, 0.1) is 5.92 Å². The molecule has 2 amide bonds. The highest BCUT2D eigenvalue weighted by atomic mass is 35.5. The molecule has 7 nitrogen and oxygen atoms in total. The Morgan fingerprint density at radius 1 is 1.06 bits per heavy atom. The zero-order chi connectivity index (χ0) is 23.9. The summed E-state index contributed by atoms with van der Waals surface area (Å²) in [4.78, 5) is 29.7. The van der Waals surface area contributed by atoms with Crippen molar-refractivity contribution in [3.8, 4) is 0 Å².